The summed E-state index contributed by atoms with van der Waals surface area (Å²) in [6.45, 7) is 0.0251. The second-order valence-corrected chi connectivity index (χ2v) is 24.3. The summed E-state index contributed by atoms with van der Waals surface area (Å²) in [5.41, 5.74) is 19.4. The van der Waals surface area contributed by atoms with Crippen molar-refractivity contribution in [3.05, 3.63) is 261 Å². The van der Waals surface area contributed by atoms with Gasteiger partial charge >= 0.3 is 17.3 Å². The lowest BCUT2D eigenvalue weighted by Gasteiger charge is -2.09. The van der Waals surface area contributed by atoms with Gasteiger partial charge in [-0.1, -0.05) is 107 Å². The molecule has 6 N–H and O–H groups in total. The zero-order valence-corrected chi connectivity index (χ0v) is 58.7. The van der Waals surface area contributed by atoms with Crippen LogP contribution >= 0.6 is 0 Å². The Balaban J connectivity index is 0.000000169. The lowest BCUT2D eigenvalue weighted by molar-refractivity contribution is -0.383. The summed E-state index contributed by atoms with van der Waals surface area (Å²) in [5.74, 6) is 2.20. The number of carbonyl (C=O) groups excluding carboxylic acids is 3. The van der Waals surface area contributed by atoms with E-state index in [0.29, 0.717) is 74.0 Å². The van der Waals surface area contributed by atoms with Crippen LogP contribution in [0.5, 0.6) is 23.0 Å². The van der Waals surface area contributed by atoms with E-state index in [-0.39, 0.29) is 89.7 Å². The number of methoxy groups -OCH3 is 4. The number of nitrogens with zero attached hydrogens (tertiary/aromatic N) is 8. The van der Waals surface area contributed by atoms with Gasteiger partial charge in [-0.3, -0.25) is 39.4 Å². The number of nitro benzene ring substituents is 2. The smallest absolute Gasteiger partial charge is 0.311 e. The third-order valence-corrected chi connectivity index (χ3v) is 17.2. The molecular formula is C80H66N12O17. The van der Waals surface area contributed by atoms with Gasteiger partial charge in [0.15, 0.2) is 34.1 Å². The van der Waals surface area contributed by atoms with Crippen LogP contribution in [0.4, 0.5) is 34.1 Å². The van der Waals surface area contributed by atoms with Gasteiger partial charge in [0, 0.05) is 47.5 Å². The van der Waals surface area contributed by atoms with E-state index < -0.39 is 15.8 Å². The number of carboxylic acids is 1. The summed E-state index contributed by atoms with van der Waals surface area (Å²) in [5, 5.41) is 63.4. The molecule has 14 rings (SSSR count). The largest absolute Gasteiger partial charge is 0.497 e. The normalized spacial score (nSPS) is 10.8. The number of aliphatic carboxylic acids is 1. The maximum atomic E-state index is 13.3. The summed E-state index contributed by atoms with van der Waals surface area (Å²) < 4.78 is 41.4. The number of Topliss-reactive ketones (excluding diaryl/α,β-unsaturated/α-hetero) is 2. The Kier molecular flexibility index (Phi) is 23.1. The molecule has 548 valence electrons. The van der Waals surface area contributed by atoms with Gasteiger partial charge in [-0.05, 0) is 174 Å². The lowest BCUT2D eigenvalue weighted by Crippen LogP contribution is -2.16. The van der Waals surface area contributed by atoms with Gasteiger partial charge in [0.25, 0.3) is 0 Å². The number of nitrogens with one attached hydrogen (secondary N) is 3. The number of hydrogen-bond donors (Lipinski definition) is 5. The molecule has 0 aliphatic heterocycles. The fraction of sp³-hybridized carbons (Fsp3) is 0.125. The van der Waals surface area contributed by atoms with Gasteiger partial charge in [0.2, 0.25) is 16.9 Å². The zero-order chi connectivity index (χ0) is 76.5. The fourth-order valence-corrected chi connectivity index (χ4v) is 11.7. The molecule has 0 aliphatic carbocycles. The van der Waals surface area contributed by atoms with Gasteiger partial charge < -0.3 is 54.8 Å². The number of anilines is 4. The van der Waals surface area contributed by atoms with Crippen molar-refractivity contribution in [2.45, 2.75) is 25.7 Å². The molecule has 14 aromatic rings. The number of nitro groups is 2. The third-order valence-electron chi connectivity index (χ3n) is 17.2. The van der Waals surface area contributed by atoms with E-state index in [2.05, 4.69) is 56.1 Å². The van der Waals surface area contributed by atoms with Crippen molar-refractivity contribution in [2.75, 3.05) is 63.2 Å². The van der Waals surface area contributed by atoms with Crippen LogP contribution in [0.1, 0.15) is 22.6 Å². The maximum Gasteiger partial charge on any atom is 0.311 e. The number of benzene rings is 10. The Labute approximate surface area is 619 Å². The van der Waals surface area contributed by atoms with Gasteiger partial charge in [0.1, 0.15) is 40.8 Å². The minimum Gasteiger partial charge on any atom is -0.497 e. The highest BCUT2D eigenvalue weighted by atomic mass is 16.6. The number of ketones is 2. The highest BCUT2D eigenvalue weighted by Crippen LogP contribution is 2.39. The molecule has 10 aromatic carbocycles. The molecule has 109 heavy (non-hydrogen) atoms. The van der Waals surface area contributed by atoms with E-state index in [9.17, 15) is 39.4 Å². The first-order valence-corrected chi connectivity index (χ1v) is 33.4. The Morgan fingerprint density at radius 2 is 0.734 bits per heavy atom. The van der Waals surface area contributed by atoms with E-state index in [4.69, 9.17) is 38.8 Å². The number of non-ortho nitro benzene ring substituents is 2. The Hall–Kier alpha value is -14.9. The Morgan fingerprint density at radius 1 is 0.404 bits per heavy atom. The van der Waals surface area contributed by atoms with Gasteiger partial charge in [-0.2, -0.15) is 0 Å². The SMILES string of the molecule is COc1ccc(-c2noc(CC(=O)Nc3ccc(-c4ccc(CC(=O)CNc5ccc([N+](=O)[O-])c6nonc56)cc4)cc3)c2-c2ccc(OC)cc2)cc1.COc1ccc(-c2noc(CC(=O)O)c2-c2ccc(OC)cc2)cc1.Nc1ccc(-c2ccc(CC(=O)CNc3ccc([N+](=O)[O-])c4nonc34)cc2)cc1. The topological polar surface area (TPSA) is 404 Å². The van der Waals surface area contributed by atoms with Crippen molar-refractivity contribution in [3.8, 4) is 90.0 Å². The van der Waals surface area contributed by atoms with Crippen molar-refractivity contribution in [3.63, 3.8) is 0 Å². The molecule has 0 atom stereocenters. The van der Waals surface area contributed by atoms with Crippen LogP contribution in [-0.2, 0) is 44.9 Å². The Bertz CT molecular complexity index is 5550. The third kappa shape index (κ3) is 18.0. The van der Waals surface area contributed by atoms with Gasteiger partial charge in [0.05, 0.1) is 80.3 Å². The van der Waals surface area contributed by atoms with E-state index >= 15 is 0 Å². The monoisotopic (exact) mass is 1470 g/mol. The van der Waals surface area contributed by atoms with Crippen LogP contribution in [-0.4, -0.2) is 111 Å². The van der Waals surface area contributed by atoms with E-state index in [1.54, 1.807) is 28.4 Å². The summed E-state index contributed by atoms with van der Waals surface area (Å²) in [7, 11) is 6.39. The number of fused-ring (bicyclic) bond motifs is 2. The minimum absolute atomic E-state index is 0.00835. The molecule has 0 saturated heterocycles. The van der Waals surface area contributed by atoms with Crippen molar-refractivity contribution in [1.29, 1.82) is 0 Å². The molecule has 0 bridgehead atoms. The van der Waals surface area contributed by atoms with Crippen molar-refractivity contribution >= 4 is 79.6 Å². The van der Waals surface area contributed by atoms with Crippen LogP contribution < -0.4 is 40.6 Å². The Morgan fingerprint density at radius 3 is 1.09 bits per heavy atom. The highest BCUT2D eigenvalue weighted by molar-refractivity contribution is 5.98. The van der Waals surface area contributed by atoms with Crippen molar-refractivity contribution in [1.82, 2.24) is 30.9 Å². The molecule has 29 heteroatoms. The summed E-state index contributed by atoms with van der Waals surface area (Å²) in [6, 6.07) is 65.6. The van der Waals surface area contributed by atoms with E-state index in [0.717, 1.165) is 61.4 Å². The quantitative estimate of drug-likeness (QED) is 0.0181. The molecule has 0 spiro atoms. The summed E-state index contributed by atoms with van der Waals surface area (Å²) in [6.07, 6.45) is 0.142. The number of aromatic nitrogens is 6. The first kappa shape index (κ1) is 73.8. The number of carboxylic acid groups (broad SMARTS) is 1. The van der Waals surface area contributed by atoms with Crippen molar-refractivity contribution < 1.29 is 71.4 Å². The molecule has 0 aliphatic rings. The van der Waals surface area contributed by atoms with Crippen LogP contribution in [0, 0.1) is 20.2 Å². The molecule has 0 saturated carbocycles. The standard InChI is InChI=1S/C40H32N6O8.C21H17N5O4.C19H17NO5/c1-51-31-15-9-27(10-16-31)37-35(53-43-38(37)28-11-17-32(52-2)18-12-28)22-36(48)42-29-13-7-26(8-14-29)25-5-3-24(4-6-25)21-30(47)23-41-33-19-20-34(46(49)50)40-39(33)44-54-45-40;22-16-7-5-15(6-8-16)14-3-1-13(2-4-14)11-17(27)12-23-18-9-10-19(26(28)29)21-20(18)24-30-25-21;1-23-14-7-3-12(4-8-14)18-16(11-17(21)22)25-20-19(18)13-5-9-15(24-2)10-6-13/h3-20,41H,21-23H2,1-2H3,(H,42,48);1-10,23H,11-12,22H2;3-10H,11H2,1-2H3,(H,21,22). The minimum atomic E-state index is -0.979. The average Bonchev–Trinajstić information content (AvgIpc) is 1.64. The lowest BCUT2D eigenvalue weighted by atomic mass is 9.97. The molecule has 29 nitrogen and oxygen atoms in total. The van der Waals surface area contributed by atoms with E-state index in [1.807, 2.05) is 194 Å². The molecule has 1 amide bonds. The number of amides is 1. The van der Waals surface area contributed by atoms with Crippen molar-refractivity contribution in [2.24, 2.45) is 0 Å². The number of hydrogen-bond acceptors (Lipinski definition) is 25. The number of nitrogens with two attached hydrogens (primary N) is 1. The van der Waals surface area contributed by atoms with Crippen LogP contribution in [0.15, 0.2) is 237 Å². The van der Waals surface area contributed by atoms with Gasteiger partial charge in [-0.15, -0.1) is 0 Å². The van der Waals surface area contributed by atoms with Crippen LogP contribution in [0.2, 0.25) is 0 Å². The maximum absolute atomic E-state index is 13.3. The number of carbonyl (C=O) groups is 4. The second kappa shape index (κ2) is 34.1. The summed E-state index contributed by atoms with van der Waals surface area (Å²) in [4.78, 5) is 70.7. The molecule has 0 fully saturated rings. The molecule has 4 heterocycles. The predicted molar refractivity (Wildman–Crippen MR) is 404 cm³/mol. The molecule has 0 unspecified atom stereocenters. The molecule has 0 radical (unpaired) electrons. The number of ether oxygens (including phenoxy) is 4. The first-order chi connectivity index (χ1) is 52.9. The van der Waals surface area contributed by atoms with Gasteiger partial charge in [-0.25, -0.2) is 9.26 Å². The van der Waals surface area contributed by atoms with Crippen LogP contribution in [0.25, 0.3) is 89.1 Å². The molecule has 4 aromatic heterocycles. The summed E-state index contributed by atoms with van der Waals surface area (Å²) >= 11 is 0. The fourth-order valence-electron chi connectivity index (χ4n) is 11.7. The van der Waals surface area contributed by atoms with Crippen LogP contribution in [0.3, 0.4) is 0 Å². The number of rotatable bonds is 27. The molecular weight excluding hydrogens is 1400 g/mol. The van der Waals surface area contributed by atoms with E-state index in [1.165, 1.54) is 24.3 Å². The number of nitrogen functional groups attached to an aromatic ring is 1. The second-order valence-electron chi connectivity index (χ2n) is 24.3. The first-order valence-electron chi connectivity index (χ1n) is 33.4. The predicted octanol–water partition coefficient (Wildman–Crippen LogP) is 14.8. The highest BCUT2D eigenvalue weighted by Gasteiger charge is 2.26. The average molecular weight is 1470 g/mol. The zero-order valence-electron chi connectivity index (χ0n) is 58.7.